The molecule has 242 valence electrons. The lowest BCUT2D eigenvalue weighted by atomic mass is 9.91. The minimum atomic E-state index is -0.672. The fraction of sp³-hybridized carbons (Fsp3) is 0.257. The maximum Gasteiger partial charge on any atom is 0.271 e. The number of carbonyl (C=O) groups is 2. The number of hydrogen-bond acceptors (Lipinski definition) is 7. The van der Waals surface area contributed by atoms with Crippen molar-refractivity contribution in [2.24, 2.45) is 0 Å². The summed E-state index contributed by atoms with van der Waals surface area (Å²) >= 11 is 0. The number of amides is 2. The Balaban J connectivity index is 1.09. The summed E-state index contributed by atoms with van der Waals surface area (Å²) in [6.07, 6.45) is 6.16. The molecule has 0 atom stereocenters. The summed E-state index contributed by atoms with van der Waals surface area (Å²) < 4.78 is 35.3. The maximum absolute atomic E-state index is 14.3. The first-order valence-electron chi connectivity index (χ1n) is 15.3. The van der Waals surface area contributed by atoms with Gasteiger partial charge in [-0.2, -0.15) is 0 Å². The Morgan fingerprint density at radius 2 is 1.68 bits per heavy atom. The van der Waals surface area contributed by atoms with Crippen molar-refractivity contribution in [3.63, 3.8) is 0 Å². The predicted octanol–water partition coefficient (Wildman–Crippen LogP) is 5.71. The van der Waals surface area contributed by atoms with Crippen molar-refractivity contribution < 1.29 is 28.2 Å². The largest absolute Gasteiger partial charge is 0.508 e. The highest BCUT2D eigenvalue weighted by atomic mass is 19.1. The van der Waals surface area contributed by atoms with Gasteiger partial charge in [-0.15, -0.1) is 0 Å². The van der Waals surface area contributed by atoms with Crippen molar-refractivity contribution in [2.75, 3.05) is 14.1 Å². The quantitative estimate of drug-likeness (QED) is 0.189. The van der Waals surface area contributed by atoms with Gasteiger partial charge >= 0.3 is 0 Å². The third-order valence-corrected chi connectivity index (χ3v) is 8.04. The summed E-state index contributed by atoms with van der Waals surface area (Å²) in [7, 11) is 3.89. The molecule has 12 heteroatoms. The van der Waals surface area contributed by atoms with E-state index in [4.69, 9.17) is 4.74 Å². The molecule has 0 radical (unpaired) electrons. The molecule has 0 unspecified atom stereocenters. The molecule has 3 aromatic heterocycles. The highest BCUT2D eigenvalue weighted by Crippen LogP contribution is 2.32. The normalized spacial score (nSPS) is 16.3. The summed E-state index contributed by atoms with van der Waals surface area (Å²) in [5.41, 5.74) is 3.30. The molecule has 10 nitrogen and oxygen atoms in total. The Hall–Kier alpha value is -5.36. The highest BCUT2D eigenvalue weighted by Gasteiger charge is 2.26. The van der Waals surface area contributed by atoms with Gasteiger partial charge in [-0.25, -0.2) is 18.7 Å². The number of pyridine rings is 2. The molecule has 2 aromatic carbocycles. The Bertz CT molecular complexity index is 1940. The monoisotopic (exact) mass is 640 g/mol. The van der Waals surface area contributed by atoms with Crippen molar-refractivity contribution in [3.05, 3.63) is 108 Å². The van der Waals surface area contributed by atoms with Crippen LogP contribution in [0, 0.1) is 11.6 Å². The Labute approximate surface area is 270 Å². The van der Waals surface area contributed by atoms with Crippen LogP contribution in [0.4, 0.5) is 8.78 Å². The van der Waals surface area contributed by atoms with Gasteiger partial charge in [0.15, 0.2) is 0 Å². The zero-order valence-corrected chi connectivity index (χ0v) is 25.9. The first kappa shape index (κ1) is 31.6. The average Bonchev–Trinajstić information content (AvgIpc) is 3.46. The summed E-state index contributed by atoms with van der Waals surface area (Å²) in [4.78, 5) is 36.5. The minimum Gasteiger partial charge on any atom is -0.508 e. The van der Waals surface area contributed by atoms with Gasteiger partial charge in [0, 0.05) is 31.0 Å². The van der Waals surface area contributed by atoms with E-state index in [2.05, 4.69) is 20.6 Å². The fourth-order valence-corrected chi connectivity index (χ4v) is 5.82. The van der Waals surface area contributed by atoms with Gasteiger partial charge in [-0.05, 0) is 98.9 Å². The van der Waals surface area contributed by atoms with E-state index in [1.54, 1.807) is 24.3 Å². The lowest BCUT2D eigenvalue weighted by Crippen LogP contribution is -2.44. The van der Waals surface area contributed by atoms with E-state index in [1.807, 2.05) is 37.2 Å². The van der Waals surface area contributed by atoms with Gasteiger partial charge < -0.3 is 29.8 Å². The van der Waals surface area contributed by atoms with Gasteiger partial charge in [-0.3, -0.25) is 9.59 Å². The molecule has 1 saturated carbocycles. The summed E-state index contributed by atoms with van der Waals surface area (Å²) in [6, 6.07) is 16.0. The molecule has 3 N–H and O–H groups in total. The van der Waals surface area contributed by atoms with Crippen molar-refractivity contribution in [3.8, 4) is 28.5 Å². The number of benzene rings is 2. The molecule has 1 fully saturated rings. The summed E-state index contributed by atoms with van der Waals surface area (Å²) in [5, 5.41) is 16.0. The molecule has 1 aliphatic carbocycles. The van der Waals surface area contributed by atoms with Crippen LogP contribution in [0.25, 0.3) is 16.8 Å². The van der Waals surface area contributed by atoms with Crippen LogP contribution >= 0.6 is 0 Å². The van der Waals surface area contributed by atoms with Crippen LogP contribution in [-0.4, -0.2) is 62.4 Å². The molecule has 2 amide bonds. The van der Waals surface area contributed by atoms with Crippen LogP contribution in [-0.2, 0) is 6.54 Å². The number of aromatic hydroxyl groups is 1. The standard InChI is InChI=1S/C35H34F2N6O4/c1-42(2)18-22-14-27(44)11-12-29(22)21-4-3-5-28(15-21)47-35-30(16-24(37)17-38-35)33(45)39-25-7-9-26(10-8-25)40-34(46)31-20-43-19-23(36)6-13-32(43)41-31/h3-6,11-17,19-20,25-26,44H,7-10,18H2,1-2H3,(H,39,45)(H,40,46)/t25-,26+. The van der Waals surface area contributed by atoms with Gasteiger partial charge in [0.05, 0.1) is 6.20 Å². The number of rotatable bonds is 9. The maximum atomic E-state index is 14.3. The molecule has 6 rings (SSSR count). The minimum absolute atomic E-state index is 0.0337. The molecular formula is C35H34F2N6O4. The topological polar surface area (TPSA) is 121 Å². The lowest BCUT2D eigenvalue weighted by Gasteiger charge is -2.29. The number of carbonyl (C=O) groups excluding carboxylic acids is 2. The number of aromatic nitrogens is 3. The molecule has 0 bridgehead atoms. The molecule has 47 heavy (non-hydrogen) atoms. The number of ether oxygens (including phenoxy) is 1. The van der Waals surface area contributed by atoms with Crippen LogP contribution in [0.3, 0.4) is 0 Å². The molecule has 0 spiro atoms. The SMILES string of the molecule is CN(C)Cc1cc(O)ccc1-c1cccc(Oc2ncc(F)cc2C(=O)N[C@H]2CC[C@@H](NC(=O)c3cn4cc(F)ccc4n3)CC2)c1. The van der Waals surface area contributed by atoms with E-state index in [9.17, 15) is 23.5 Å². The number of hydrogen-bond donors (Lipinski definition) is 3. The first-order valence-corrected chi connectivity index (χ1v) is 15.3. The first-order chi connectivity index (χ1) is 22.6. The number of nitrogens with one attached hydrogen (secondary N) is 2. The van der Waals surface area contributed by atoms with Crippen molar-refractivity contribution >= 4 is 17.5 Å². The molecule has 0 aliphatic heterocycles. The Morgan fingerprint density at radius 1 is 0.936 bits per heavy atom. The van der Waals surface area contributed by atoms with Gasteiger partial charge in [0.2, 0.25) is 5.88 Å². The van der Waals surface area contributed by atoms with Crippen LogP contribution in [0.2, 0.25) is 0 Å². The van der Waals surface area contributed by atoms with E-state index in [0.717, 1.165) is 29.0 Å². The second-order valence-corrected chi connectivity index (χ2v) is 11.9. The van der Waals surface area contributed by atoms with E-state index < -0.39 is 17.5 Å². The molecule has 1 aliphatic rings. The number of phenols is 1. The zero-order valence-electron chi connectivity index (χ0n) is 25.9. The average molecular weight is 641 g/mol. The van der Waals surface area contributed by atoms with E-state index in [-0.39, 0.29) is 40.9 Å². The number of fused-ring (bicyclic) bond motifs is 1. The van der Waals surface area contributed by atoms with Gasteiger partial charge in [0.1, 0.15) is 40.0 Å². The molecular weight excluding hydrogens is 606 g/mol. The van der Waals surface area contributed by atoms with Gasteiger partial charge in [0.25, 0.3) is 11.8 Å². The van der Waals surface area contributed by atoms with Gasteiger partial charge in [-0.1, -0.05) is 18.2 Å². The lowest BCUT2D eigenvalue weighted by molar-refractivity contribution is 0.0888. The van der Waals surface area contributed by atoms with E-state index >= 15 is 0 Å². The molecule has 5 aromatic rings. The van der Waals surface area contributed by atoms with Crippen molar-refractivity contribution in [1.29, 1.82) is 0 Å². The predicted molar refractivity (Wildman–Crippen MR) is 171 cm³/mol. The number of phenolic OH excluding ortho intramolecular Hbond substituents is 1. The van der Waals surface area contributed by atoms with E-state index in [1.165, 1.54) is 28.9 Å². The van der Waals surface area contributed by atoms with Crippen LogP contribution in [0.5, 0.6) is 17.4 Å². The highest BCUT2D eigenvalue weighted by molar-refractivity contribution is 5.96. The zero-order chi connectivity index (χ0) is 33.1. The second kappa shape index (κ2) is 13.6. The van der Waals surface area contributed by atoms with Crippen LogP contribution < -0.4 is 15.4 Å². The van der Waals surface area contributed by atoms with E-state index in [0.29, 0.717) is 43.6 Å². The van der Waals surface area contributed by atoms with Crippen molar-refractivity contribution in [1.82, 2.24) is 29.9 Å². The third-order valence-electron chi connectivity index (χ3n) is 8.04. The number of halogens is 2. The second-order valence-electron chi connectivity index (χ2n) is 11.9. The Kier molecular flexibility index (Phi) is 9.12. The number of nitrogens with zero attached hydrogens (tertiary/aromatic N) is 4. The number of imidazole rings is 1. The van der Waals surface area contributed by atoms with Crippen LogP contribution in [0.15, 0.2) is 79.3 Å². The Morgan fingerprint density at radius 3 is 2.43 bits per heavy atom. The molecule has 0 saturated heterocycles. The van der Waals surface area contributed by atoms with Crippen LogP contribution in [0.1, 0.15) is 52.1 Å². The smallest absolute Gasteiger partial charge is 0.271 e. The fourth-order valence-electron chi connectivity index (χ4n) is 5.82. The third kappa shape index (κ3) is 7.55. The van der Waals surface area contributed by atoms with Crippen molar-refractivity contribution in [2.45, 2.75) is 44.3 Å². The summed E-state index contributed by atoms with van der Waals surface area (Å²) in [5.74, 6) is -1.42. The molecule has 3 heterocycles. The summed E-state index contributed by atoms with van der Waals surface area (Å²) in [6.45, 7) is 0.608.